The van der Waals surface area contributed by atoms with Gasteiger partial charge in [-0.3, -0.25) is 9.59 Å². The first-order valence-corrected chi connectivity index (χ1v) is 9.91. The Kier molecular flexibility index (Phi) is 4.37. The fraction of sp³-hybridized carbons (Fsp3) is 0.650. The summed E-state index contributed by atoms with van der Waals surface area (Å²) in [4.78, 5) is 34.1. The molecule has 1 aromatic heterocycles. The number of hydrogen-bond donors (Lipinski definition) is 1. The number of fused-ring (bicyclic) bond motifs is 1. The molecule has 0 radical (unpaired) electrons. The topological polar surface area (TPSA) is 79.5 Å². The highest BCUT2D eigenvalue weighted by atomic mass is 16.2. The summed E-state index contributed by atoms with van der Waals surface area (Å²) in [7, 11) is 0. The molecule has 0 saturated carbocycles. The Labute approximate surface area is 154 Å². The summed E-state index contributed by atoms with van der Waals surface area (Å²) in [6, 6.07) is 1.93. The zero-order valence-corrected chi connectivity index (χ0v) is 15.6. The predicted molar refractivity (Wildman–Crippen MR) is 100 cm³/mol. The van der Waals surface area contributed by atoms with E-state index >= 15 is 0 Å². The highest BCUT2D eigenvalue weighted by molar-refractivity contribution is 5.98. The van der Waals surface area contributed by atoms with Gasteiger partial charge in [0.25, 0.3) is 5.91 Å². The van der Waals surface area contributed by atoms with Gasteiger partial charge in [0.05, 0.1) is 11.0 Å². The number of primary amides is 1. The zero-order chi connectivity index (χ0) is 18.3. The Morgan fingerprint density at radius 1 is 1.27 bits per heavy atom. The van der Waals surface area contributed by atoms with Gasteiger partial charge in [-0.2, -0.15) is 0 Å². The number of hydrogen-bond acceptors (Lipinski definition) is 4. The van der Waals surface area contributed by atoms with Crippen molar-refractivity contribution < 1.29 is 9.59 Å². The molecule has 6 nitrogen and oxygen atoms in total. The van der Waals surface area contributed by atoms with Crippen molar-refractivity contribution in [3.05, 3.63) is 22.9 Å². The minimum atomic E-state index is -0.425. The van der Waals surface area contributed by atoms with E-state index in [1.165, 1.54) is 0 Å². The van der Waals surface area contributed by atoms with Gasteiger partial charge in [-0.05, 0) is 56.6 Å². The molecule has 2 N–H and O–H groups in total. The summed E-state index contributed by atoms with van der Waals surface area (Å²) in [5, 5.41) is 0. The SMILES string of the molecule is CCCN1CCC[C@]2(CCN(c3nc4c(cc3C(N)=O)CCC4)C2)C1=O. The van der Waals surface area contributed by atoms with Gasteiger partial charge in [-0.15, -0.1) is 0 Å². The van der Waals surface area contributed by atoms with Crippen LogP contribution in [-0.2, 0) is 17.6 Å². The van der Waals surface area contributed by atoms with Crippen LogP contribution in [0.3, 0.4) is 0 Å². The molecule has 1 aliphatic carbocycles. The lowest BCUT2D eigenvalue weighted by Crippen LogP contribution is -2.50. The minimum Gasteiger partial charge on any atom is -0.365 e. The monoisotopic (exact) mass is 356 g/mol. The number of likely N-dealkylation sites (tertiary alicyclic amines) is 1. The summed E-state index contributed by atoms with van der Waals surface area (Å²) in [6.07, 6.45) is 6.82. The van der Waals surface area contributed by atoms with Gasteiger partial charge in [-0.1, -0.05) is 6.92 Å². The number of amides is 2. The molecule has 140 valence electrons. The van der Waals surface area contributed by atoms with Crippen molar-refractivity contribution in [2.75, 3.05) is 31.1 Å². The molecule has 0 bridgehead atoms. The zero-order valence-electron chi connectivity index (χ0n) is 15.6. The van der Waals surface area contributed by atoms with Crippen LogP contribution in [-0.4, -0.2) is 47.9 Å². The number of aryl methyl sites for hydroxylation is 2. The first-order chi connectivity index (χ1) is 12.5. The van der Waals surface area contributed by atoms with E-state index in [2.05, 4.69) is 11.8 Å². The van der Waals surface area contributed by atoms with Crippen molar-refractivity contribution >= 4 is 17.6 Å². The highest BCUT2D eigenvalue weighted by Crippen LogP contribution is 2.42. The van der Waals surface area contributed by atoms with Crippen molar-refractivity contribution in [1.82, 2.24) is 9.88 Å². The first kappa shape index (κ1) is 17.3. The molecule has 3 aliphatic rings. The lowest BCUT2D eigenvalue weighted by molar-refractivity contribution is -0.145. The molecule has 2 saturated heterocycles. The van der Waals surface area contributed by atoms with Gasteiger partial charge in [0.2, 0.25) is 5.91 Å². The maximum Gasteiger partial charge on any atom is 0.252 e. The van der Waals surface area contributed by atoms with Crippen molar-refractivity contribution in [2.45, 2.75) is 51.9 Å². The molecule has 1 atom stereocenters. The van der Waals surface area contributed by atoms with Gasteiger partial charge in [-0.25, -0.2) is 4.98 Å². The lowest BCUT2D eigenvalue weighted by Gasteiger charge is -2.39. The maximum absolute atomic E-state index is 13.1. The first-order valence-electron chi connectivity index (χ1n) is 9.91. The van der Waals surface area contributed by atoms with Gasteiger partial charge < -0.3 is 15.5 Å². The van der Waals surface area contributed by atoms with Crippen LogP contribution in [0.2, 0.25) is 0 Å². The molecule has 4 rings (SSSR count). The van der Waals surface area contributed by atoms with E-state index in [9.17, 15) is 9.59 Å². The second-order valence-corrected chi connectivity index (χ2v) is 8.03. The van der Waals surface area contributed by atoms with Gasteiger partial charge >= 0.3 is 0 Å². The van der Waals surface area contributed by atoms with Crippen LogP contribution >= 0.6 is 0 Å². The number of pyridine rings is 1. The van der Waals surface area contributed by atoms with Crippen LogP contribution in [0.5, 0.6) is 0 Å². The second-order valence-electron chi connectivity index (χ2n) is 8.03. The van der Waals surface area contributed by atoms with Gasteiger partial charge in [0, 0.05) is 31.9 Å². The van der Waals surface area contributed by atoms with Crippen molar-refractivity contribution in [3.63, 3.8) is 0 Å². The third-order valence-electron chi connectivity index (χ3n) is 6.27. The molecule has 0 aromatic carbocycles. The average molecular weight is 356 g/mol. The maximum atomic E-state index is 13.1. The Morgan fingerprint density at radius 2 is 2.12 bits per heavy atom. The molecule has 3 heterocycles. The van der Waals surface area contributed by atoms with Gasteiger partial charge in [0.1, 0.15) is 5.82 Å². The minimum absolute atomic E-state index is 0.287. The van der Waals surface area contributed by atoms with E-state index in [-0.39, 0.29) is 11.3 Å². The molecule has 2 fully saturated rings. The molecular formula is C20H28N4O2. The number of piperidine rings is 1. The summed E-state index contributed by atoms with van der Waals surface area (Å²) in [5.41, 5.74) is 8.09. The van der Waals surface area contributed by atoms with E-state index in [0.29, 0.717) is 17.9 Å². The Hall–Kier alpha value is -2.11. The van der Waals surface area contributed by atoms with Crippen LogP contribution < -0.4 is 10.6 Å². The average Bonchev–Trinajstić information content (AvgIpc) is 3.25. The fourth-order valence-corrected chi connectivity index (χ4v) is 4.95. The largest absolute Gasteiger partial charge is 0.365 e. The van der Waals surface area contributed by atoms with Crippen LogP contribution in [0.15, 0.2) is 6.07 Å². The summed E-state index contributed by atoms with van der Waals surface area (Å²) in [5.74, 6) is 0.552. The molecule has 6 heteroatoms. The third-order valence-corrected chi connectivity index (χ3v) is 6.27. The molecule has 1 spiro atoms. The Bertz CT molecular complexity index is 746. The number of aromatic nitrogens is 1. The summed E-state index contributed by atoms with van der Waals surface area (Å²) in [6.45, 7) is 5.24. The second kappa shape index (κ2) is 6.56. The van der Waals surface area contributed by atoms with E-state index in [1.54, 1.807) is 0 Å². The Morgan fingerprint density at radius 3 is 2.88 bits per heavy atom. The number of nitrogens with two attached hydrogens (primary N) is 1. The summed E-state index contributed by atoms with van der Waals surface area (Å²) < 4.78 is 0. The van der Waals surface area contributed by atoms with E-state index in [1.807, 2.05) is 11.0 Å². The van der Waals surface area contributed by atoms with Crippen molar-refractivity contribution in [3.8, 4) is 0 Å². The van der Waals surface area contributed by atoms with E-state index in [4.69, 9.17) is 10.7 Å². The number of nitrogens with zero attached hydrogens (tertiary/aromatic N) is 3. The van der Waals surface area contributed by atoms with Crippen molar-refractivity contribution in [1.29, 1.82) is 0 Å². The Balaban J connectivity index is 1.63. The van der Waals surface area contributed by atoms with Crippen LogP contribution in [0.1, 0.15) is 60.6 Å². The lowest BCUT2D eigenvalue weighted by atomic mass is 9.78. The number of carbonyl (C=O) groups is 2. The van der Waals surface area contributed by atoms with Crippen molar-refractivity contribution in [2.24, 2.45) is 11.1 Å². The van der Waals surface area contributed by atoms with E-state index in [0.717, 1.165) is 75.8 Å². The molecule has 2 amide bonds. The molecule has 26 heavy (non-hydrogen) atoms. The predicted octanol–water partition coefficient (Wildman–Crippen LogP) is 1.90. The normalized spacial score (nSPS) is 25.2. The quantitative estimate of drug-likeness (QED) is 0.893. The molecule has 1 aromatic rings. The number of carbonyl (C=O) groups excluding carboxylic acids is 2. The third kappa shape index (κ3) is 2.75. The van der Waals surface area contributed by atoms with Crippen LogP contribution in [0, 0.1) is 5.41 Å². The number of anilines is 1. The molecular weight excluding hydrogens is 328 g/mol. The smallest absolute Gasteiger partial charge is 0.252 e. The highest BCUT2D eigenvalue weighted by Gasteiger charge is 2.48. The molecule has 0 unspecified atom stereocenters. The summed E-state index contributed by atoms with van der Waals surface area (Å²) >= 11 is 0. The van der Waals surface area contributed by atoms with Crippen LogP contribution in [0.4, 0.5) is 5.82 Å². The van der Waals surface area contributed by atoms with E-state index < -0.39 is 5.91 Å². The number of rotatable bonds is 4. The fourth-order valence-electron chi connectivity index (χ4n) is 4.95. The van der Waals surface area contributed by atoms with Gasteiger partial charge in [0.15, 0.2) is 0 Å². The van der Waals surface area contributed by atoms with Crippen LogP contribution in [0.25, 0.3) is 0 Å². The standard InChI is InChI=1S/C20H28N4O2/c1-2-9-23-10-4-7-20(19(23)26)8-11-24(13-20)18-15(17(21)25)12-14-5-3-6-16(14)22-18/h12H,2-11,13H2,1H3,(H2,21,25)/t20-/m1/s1. The molecule has 2 aliphatic heterocycles.